The Bertz CT molecular complexity index is 793. The first-order valence-electron chi connectivity index (χ1n) is 5.52. The van der Waals surface area contributed by atoms with E-state index in [9.17, 15) is 28.7 Å². The molecule has 0 heterocycles. The molecule has 9 nitrogen and oxygen atoms in total. The fourth-order valence-electron chi connectivity index (χ4n) is 1.88. The Morgan fingerprint density at radius 3 is 1.65 bits per heavy atom. The minimum absolute atomic E-state index is 0. The summed E-state index contributed by atoms with van der Waals surface area (Å²) in [5.74, 6) is -0.506. The van der Waals surface area contributed by atoms with Gasteiger partial charge in [0.15, 0.2) is 0 Å². The number of aryl methyl sites for hydroxylation is 1. The van der Waals surface area contributed by atoms with Crippen LogP contribution in [0.15, 0.2) is 30.3 Å². The number of fused-ring (bicyclic) bond motifs is 1. The molecular formula is C11H10Na4O9P2. The van der Waals surface area contributed by atoms with E-state index in [2.05, 4.69) is 9.05 Å². The molecule has 26 heavy (non-hydrogen) atoms. The molecule has 0 aliphatic heterocycles. The molecule has 0 saturated heterocycles. The van der Waals surface area contributed by atoms with Crippen LogP contribution in [-0.2, 0) is 9.13 Å². The molecule has 2 aromatic rings. The summed E-state index contributed by atoms with van der Waals surface area (Å²) in [7, 11) is -10.6. The molecule has 0 aromatic heterocycles. The number of phosphoric ester groups is 2. The van der Waals surface area contributed by atoms with Crippen LogP contribution in [0, 0.1) is 6.92 Å². The standard InChI is InChI=1S/C11H12O8P2.4Na.H2O/c1-7-6-10(18-20(12,13)14)8-4-2-3-5-9(8)11(7)19-21(15,16)17;;;;;/h2-6H,1H3,(H2,12,13,14)(H2,15,16,17);;;;;1H2/q;4*+1;/p-4. The summed E-state index contributed by atoms with van der Waals surface area (Å²) in [5.41, 5.74) is 0.129. The van der Waals surface area contributed by atoms with E-state index in [0.717, 1.165) is 6.07 Å². The molecule has 0 saturated carbocycles. The zero-order chi connectivity index (χ0) is 15.8. The van der Waals surface area contributed by atoms with Crippen molar-refractivity contribution in [2.24, 2.45) is 0 Å². The first-order valence-corrected chi connectivity index (χ1v) is 8.44. The second-order valence-electron chi connectivity index (χ2n) is 4.14. The van der Waals surface area contributed by atoms with Gasteiger partial charge in [0, 0.05) is 10.8 Å². The van der Waals surface area contributed by atoms with Crippen molar-refractivity contribution in [1.82, 2.24) is 0 Å². The molecule has 0 aliphatic carbocycles. The van der Waals surface area contributed by atoms with Gasteiger partial charge in [-0.2, -0.15) is 0 Å². The predicted molar refractivity (Wildman–Crippen MR) is 68.8 cm³/mol. The number of hydrogen-bond acceptors (Lipinski definition) is 8. The molecule has 2 rings (SSSR count). The number of benzene rings is 2. The Kier molecular flexibility index (Phi) is 20.1. The Labute approximate surface area is 238 Å². The predicted octanol–water partition coefficient (Wildman–Crippen LogP) is -13.2. The molecule has 122 valence electrons. The number of phosphoric acid groups is 2. The second-order valence-corrected chi connectivity index (χ2v) is 6.30. The van der Waals surface area contributed by atoms with Crippen molar-refractivity contribution >= 4 is 26.4 Å². The maximum absolute atomic E-state index is 10.8. The molecule has 0 spiro atoms. The molecule has 0 radical (unpaired) electrons. The van der Waals surface area contributed by atoms with E-state index in [-0.39, 0.29) is 152 Å². The normalized spacial score (nSPS) is 10.0. The van der Waals surface area contributed by atoms with Gasteiger partial charge in [-0.3, -0.25) is 0 Å². The minimum atomic E-state index is -5.29. The van der Waals surface area contributed by atoms with E-state index in [1.807, 2.05) is 0 Å². The maximum Gasteiger partial charge on any atom is 1.00 e. The molecule has 0 bridgehead atoms. The van der Waals surface area contributed by atoms with Gasteiger partial charge in [0.05, 0.1) is 0 Å². The Balaban J connectivity index is -0.000000484. The van der Waals surface area contributed by atoms with Crippen LogP contribution in [0.3, 0.4) is 0 Å². The van der Waals surface area contributed by atoms with Crippen molar-refractivity contribution in [3.05, 3.63) is 35.9 Å². The zero-order valence-corrected chi connectivity index (χ0v) is 24.8. The Hall–Kier alpha value is 2.56. The van der Waals surface area contributed by atoms with E-state index in [1.165, 1.54) is 31.2 Å². The van der Waals surface area contributed by atoms with Gasteiger partial charge in [-0.15, -0.1) is 0 Å². The summed E-state index contributed by atoms with van der Waals surface area (Å²) < 4.78 is 30.3. The summed E-state index contributed by atoms with van der Waals surface area (Å²) in [4.78, 5) is 43.1. The van der Waals surface area contributed by atoms with Gasteiger partial charge in [-0.1, -0.05) is 24.3 Å². The van der Waals surface area contributed by atoms with Crippen LogP contribution in [-0.4, -0.2) is 5.48 Å². The molecule has 2 N–H and O–H groups in total. The van der Waals surface area contributed by atoms with Gasteiger partial charge in [-0.25, -0.2) is 0 Å². The summed E-state index contributed by atoms with van der Waals surface area (Å²) in [6, 6.07) is 6.94. The SMILES string of the molecule is Cc1cc(OP(=O)([O-])[O-])c2ccccc2c1OP(=O)([O-])[O-].O.[Na+].[Na+].[Na+].[Na+]. The quantitative estimate of drug-likeness (QED) is 0.332. The van der Waals surface area contributed by atoms with Gasteiger partial charge in [0.25, 0.3) is 0 Å². The number of rotatable bonds is 4. The second kappa shape index (κ2) is 14.5. The molecule has 0 unspecified atom stereocenters. The molecular weight excluding hydrogens is 430 g/mol. The van der Waals surface area contributed by atoms with E-state index in [0.29, 0.717) is 0 Å². The van der Waals surface area contributed by atoms with Crippen LogP contribution >= 0.6 is 15.6 Å². The van der Waals surface area contributed by atoms with Crippen LogP contribution in [0.2, 0.25) is 0 Å². The Morgan fingerprint density at radius 2 is 1.23 bits per heavy atom. The molecule has 0 fully saturated rings. The third kappa shape index (κ3) is 11.1. The van der Waals surface area contributed by atoms with Crippen molar-refractivity contribution in [2.45, 2.75) is 6.92 Å². The average molecular weight is 440 g/mol. The van der Waals surface area contributed by atoms with Crippen molar-refractivity contribution in [3.63, 3.8) is 0 Å². The smallest absolute Gasteiger partial charge is 0.780 e. The van der Waals surface area contributed by atoms with E-state index < -0.39 is 15.6 Å². The van der Waals surface area contributed by atoms with Crippen LogP contribution in [0.25, 0.3) is 10.8 Å². The van der Waals surface area contributed by atoms with Crippen molar-refractivity contribution < 1.29 is 161 Å². The molecule has 0 atom stereocenters. The van der Waals surface area contributed by atoms with Gasteiger partial charge in [0.2, 0.25) is 0 Å². The monoisotopic (exact) mass is 440 g/mol. The third-order valence-electron chi connectivity index (χ3n) is 2.56. The van der Waals surface area contributed by atoms with Crippen molar-refractivity contribution in [1.29, 1.82) is 0 Å². The van der Waals surface area contributed by atoms with Gasteiger partial charge in [0.1, 0.15) is 27.1 Å². The van der Waals surface area contributed by atoms with E-state index in [1.54, 1.807) is 0 Å². The first-order chi connectivity index (χ1) is 9.57. The topological polar surface area (TPSA) is 176 Å². The fourth-order valence-corrected chi connectivity index (χ4v) is 2.74. The van der Waals surface area contributed by atoms with Crippen molar-refractivity contribution in [2.75, 3.05) is 0 Å². The van der Waals surface area contributed by atoms with Gasteiger partial charge in [-0.05, 0) is 18.6 Å². The van der Waals surface area contributed by atoms with Crippen LogP contribution < -0.4 is 147 Å². The number of hydrogen-bond donors (Lipinski definition) is 0. The molecule has 2 aromatic carbocycles. The van der Waals surface area contributed by atoms with Crippen LogP contribution in [0.4, 0.5) is 0 Å². The van der Waals surface area contributed by atoms with Gasteiger partial charge < -0.3 is 43.2 Å². The summed E-state index contributed by atoms with van der Waals surface area (Å²) in [6.45, 7) is 1.38. The van der Waals surface area contributed by atoms with Crippen molar-refractivity contribution in [3.8, 4) is 11.5 Å². The fraction of sp³-hybridized carbons (Fsp3) is 0.0909. The summed E-state index contributed by atoms with van der Waals surface area (Å²) >= 11 is 0. The van der Waals surface area contributed by atoms with Crippen LogP contribution in [0.1, 0.15) is 5.56 Å². The summed E-state index contributed by atoms with van der Waals surface area (Å²) in [5, 5.41) is 0.256. The Morgan fingerprint density at radius 1 is 0.808 bits per heavy atom. The molecule has 15 heteroatoms. The van der Waals surface area contributed by atoms with Gasteiger partial charge >= 0.3 is 118 Å². The minimum Gasteiger partial charge on any atom is -0.780 e. The average Bonchev–Trinajstić information content (AvgIpc) is 2.31. The molecule has 0 aliphatic rings. The maximum atomic E-state index is 10.8. The first kappa shape index (κ1) is 36.0. The van der Waals surface area contributed by atoms with E-state index in [4.69, 9.17) is 0 Å². The van der Waals surface area contributed by atoms with Crippen LogP contribution in [0.5, 0.6) is 11.5 Å². The molecule has 0 amide bonds. The zero-order valence-electron chi connectivity index (χ0n) is 15.0. The van der Waals surface area contributed by atoms with E-state index >= 15 is 0 Å². The summed E-state index contributed by atoms with van der Waals surface area (Å²) in [6.07, 6.45) is 0. The third-order valence-corrected chi connectivity index (χ3v) is 3.38. The largest absolute Gasteiger partial charge is 1.00 e.